The topological polar surface area (TPSA) is 44.7 Å². The maximum absolute atomic E-state index is 14.4. The number of anilines is 1. The lowest BCUT2D eigenvalue weighted by Crippen LogP contribution is -2.19. The molecule has 1 aliphatic heterocycles. The zero-order chi connectivity index (χ0) is 17.8. The molecule has 1 aliphatic rings. The number of hydrazone groups is 1. The van der Waals surface area contributed by atoms with Crippen LogP contribution in [0.3, 0.4) is 0 Å². The van der Waals surface area contributed by atoms with E-state index in [4.69, 9.17) is 11.6 Å². The third kappa shape index (κ3) is 3.99. The molecule has 0 saturated carbocycles. The van der Waals surface area contributed by atoms with Gasteiger partial charge in [0, 0.05) is 18.7 Å². The molecule has 6 heteroatoms. The van der Waals surface area contributed by atoms with Crippen LogP contribution in [0.5, 0.6) is 0 Å². The normalized spacial score (nSPS) is 14.3. The van der Waals surface area contributed by atoms with Gasteiger partial charge in [0.15, 0.2) is 0 Å². The van der Waals surface area contributed by atoms with Gasteiger partial charge in [-0.25, -0.2) is 9.82 Å². The van der Waals surface area contributed by atoms with E-state index in [-0.39, 0.29) is 5.82 Å². The fourth-order valence-electron chi connectivity index (χ4n) is 2.89. The fraction of sp³-hybridized carbons (Fsp3) is 0.263. The van der Waals surface area contributed by atoms with Crippen LogP contribution in [0.15, 0.2) is 41.5 Å². The Morgan fingerprint density at radius 3 is 2.72 bits per heavy atom. The van der Waals surface area contributed by atoms with E-state index in [9.17, 15) is 9.18 Å². The molecule has 0 atom stereocenters. The van der Waals surface area contributed by atoms with Crippen LogP contribution < -0.4 is 10.3 Å². The number of nitrogens with one attached hydrogen (secondary N) is 1. The van der Waals surface area contributed by atoms with E-state index in [1.807, 2.05) is 13.0 Å². The molecule has 0 bridgehead atoms. The van der Waals surface area contributed by atoms with Gasteiger partial charge < -0.3 is 4.90 Å². The molecular weight excluding hydrogens is 341 g/mol. The molecule has 0 aromatic heterocycles. The van der Waals surface area contributed by atoms with E-state index in [0.29, 0.717) is 21.8 Å². The predicted molar refractivity (Wildman–Crippen MR) is 99.1 cm³/mol. The maximum atomic E-state index is 14.4. The van der Waals surface area contributed by atoms with Gasteiger partial charge in [0.1, 0.15) is 5.82 Å². The van der Waals surface area contributed by atoms with Gasteiger partial charge in [-0.15, -0.1) is 0 Å². The molecule has 1 N–H and O–H groups in total. The first-order valence-electron chi connectivity index (χ1n) is 8.19. The van der Waals surface area contributed by atoms with E-state index in [2.05, 4.69) is 15.4 Å². The van der Waals surface area contributed by atoms with Crippen LogP contribution in [0, 0.1) is 12.7 Å². The Labute approximate surface area is 151 Å². The molecule has 0 aliphatic carbocycles. The Kier molecular flexibility index (Phi) is 5.34. The summed E-state index contributed by atoms with van der Waals surface area (Å²) < 4.78 is 14.4. The second-order valence-corrected chi connectivity index (χ2v) is 6.44. The monoisotopic (exact) mass is 359 g/mol. The third-order valence-corrected chi connectivity index (χ3v) is 4.60. The molecule has 1 heterocycles. The van der Waals surface area contributed by atoms with E-state index >= 15 is 0 Å². The van der Waals surface area contributed by atoms with Crippen molar-refractivity contribution in [1.82, 2.24) is 5.43 Å². The van der Waals surface area contributed by atoms with Crippen LogP contribution in [0.25, 0.3) is 0 Å². The number of amides is 1. The first-order valence-corrected chi connectivity index (χ1v) is 8.57. The lowest BCUT2D eigenvalue weighted by Gasteiger charge is -2.19. The van der Waals surface area contributed by atoms with Crippen molar-refractivity contribution in [2.75, 3.05) is 18.0 Å². The maximum Gasteiger partial charge on any atom is 0.272 e. The number of hydrogen-bond acceptors (Lipinski definition) is 3. The van der Waals surface area contributed by atoms with Crippen LogP contribution in [0.4, 0.5) is 10.1 Å². The van der Waals surface area contributed by atoms with Crippen molar-refractivity contribution in [3.63, 3.8) is 0 Å². The molecule has 1 amide bonds. The Hall–Kier alpha value is -2.40. The third-order valence-electron chi connectivity index (χ3n) is 4.27. The number of hydrogen-bond donors (Lipinski definition) is 1. The summed E-state index contributed by atoms with van der Waals surface area (Å²) >= 11 is 5.97. The van der Waals surface area contributed by atoms with Crippen molar-refractivity contribution in [3.05, 3.63) is 63.9 Å². The Morgan fingerprint density at radius 1 is 1.28 bits per heavy atom. The number of carbonyl (C=O) groups is 1. The zero-order valence-electron chi connectivity index (χ0n) is 13.9. The van der Waals surface area contributed by atoms with Gasteiger partial charge in [0.05, 0.1) is 22.5 Å². The van der Waals surface area contributed by atoms with Crippen LogP contribution in [-0.2, 0) is 0 Å². The van der Waals surface area contributed by atoms with Crippen molar-refractivity contribution in [2.24, 2.45) is 5.10 Å². The van der Waals surface area contributed by atoms with Gasteiger partial charge in [-0.1, -0.05) is 23.7 Å². The van der Waals surface area contributed by atoms with Gasteiger partial charge in [-0.05, 0) is 49.6 Å². The average molecular weight is 360 g/mol. The number of nitrogens with zero attached hydrogens (tertiary/aromatic N) is 2. The molecule has 0 spiro atoms. The summed E-state index contributed by atoms with van der Waals surface area (Å²) in [6.07, 6.45) is 3.63. The Balaban J connectivity index is 1.72. The summed E-state index contributed by atoms with van der Waals surface area (Å²) in [5.41, 5.74) is 4.92. The fourth-order valence-corrected chi connectivity index (χ4v) is 3.11. The molecule has 2 aromatic rings. The number of aryl methyl sites for hydroxylation is 1. The zero-order valence-corrected chi connectivity index (χ0v) is 14.7. The van der Waals surface area contributed by atoms with Crippen LogP contribution >= 0.6 is 11.6 Å². The highest BCUT2D eigenvalue weighted by Crippen LogP contribution is 2.26. The van der Waals surface area contributed by atoms with Gasteiger partial charge in [0.25, 0.3) is 5.91 Å². The summed E-state index contributed by atoms with van der Waals surface area (Å²) in [6, 6.07) is 10.0. The molecule has 1 saturated heterocycles. The van der Waals surface area contributed by atoms with Gasteiger partial charge in [0.2, 0.25) is 0 Å². The summed E-state index contributed by atoms with van der Waals surface area (Å²) in [7, 11) is 0. The van der Waals surface area contributed by atoms with Crippen molar-refractivity contribution < 1.29 is 9.18 Å². The second-order valence-electron chi connectivity index (χ2n) is 6.03. The molecule has 0 unspecified atom stereocenters. The van der Waals surface area contributed by atoms with Crippen molar-refractivity contribution >= 4 is 29.4 Å². The molecule has 3 rings (SSSR count). The van der Waals surface area contributed by atoms with Gasteiger partial charge in [-0.2, -0.15) is 5.10 Å². The molecule has 25 heavy (non-hydrogen) atoms. The van der Waals surface area contributed by atoms with Crippen LogP contribution in [-0.4, -0.2) is 25.2 Å². The van der Waals surface area contributed by atoms with Crippen LogP contribution in [0.2, 0.25) is 5.02 Å². The summed E-state index contributed by atoms with van der Waals surface area (Å²) in [4.78, 5) is 14.1. The minimum atomic E-state index is -0.409. The first-order chi connectivity index (χ1) is 12.1. The first kappa shape index (κ1) is 17.4. The Bertz CT molecular complexity index is 816. The molecule has 0 radical (unpaired) electrons. The summed E-state index contributed by atoms with van der Waals surface area (Å²) in [5.74, 6) is -0.681. The van der Waals surface area contributed by atoms with E-state index in [1.54, 1.807) is 24.3 Å². The van der Waals surface area contributed by atoms with E-state index < -0.39 is 5.91 Å². The molecular formula is C19H19ClFN3O. The number of carbonyl (C=O) groups excluding carboxylic acids is 1. The molecule has 130 valence electrons. The van der Waals surface area contributed by atoms with E-state index in [1.165, 1.54) is 12.3 Å². The minimum absolute atomic E-state index is 0.272. The lowest BCUT2D eigenvalue weighted by atomic mass is 10.1. The van der Waals surface area contributed by atoms with Crippen LogP contribution in [0.1, 0.15) is 34.3 Å². The van der Waals surface area contributed by atoms with Crippen molar-refractivity contribution in [2.45, 2.75) is 19.8 Å². The number of benzene rings is 2. The average Bonchev–Trinajstić information content (AvgIpc) is 3.12. The molecule has 4 nitrogen and oxygen atoms in total. The Morgan fingerprint density at radius 2 is 2.00 bits per heavy atom. The summed E-state index contributed by atoms with van der Waals surface area (Å²) in [5, 5.41) is 4.28. The highest BCUT2D eigenvalue weighted by molar-refractivity contribution is 6.33. The smallest absolute Gasteiger partial charge is 0.272 e. The van der Waals surface area contributed by atoms with Crippen molar-refractivity contribution in [3.8, 4) is 0 Å². The van der Waals surface area contributed by atoms with E-state index in [0.717, 1.165) is 31.5 Å². The van der Waals surface area contributed by atoms with Crippen molar-refractivity contribution in [1.29, 1.82) is 0 Å². The lowest BCUT2D eigenvalue weighted by molar-refractivity contribution is 0.0955. The minimum Gasteiger partial charge on any atom is -0.369 e. The number of rotatable bonds is 4. The highest BCUT2D eigenvalue weighted by Gasteiger charge is 2.17. The quantitative estimate of drug-likeness (QED) is 0.658. The second kappa shape index (κ2) is 7.66. The molecule has 2 aromatic carbocycles. The summed E-state index contributed by atoms with van der Waals surface area (Å²) in [6.45, 7) is 3.67. The largest absolute Gasteiger partial charge is 0.369 e. The standard InChI is InChI=1S/C19H19ClFN3O/c1-13-10-18(24-8-4-5-9-24)17(21)11-14(13)12-22-23-19(25)15-6-2-3-7-16(15)20/h2-3,6-7,10-12H,4-5,8-9H2,1H3,(H,23,25)/b22-12-. The SMILES string of the molecule is Cc1cc(N2CCCC2)c(F)cc1/C=N\NC(=O)c1ccccc1Cl. The highest BCUT2D eigenvalue weighted by atomic mass is 35.5. The van der Waals surface area contributed by atoms with Gasteiger partial charge in [-0.3, -0.25) is 4.79 Å². The van der Waals surface area contributed by atoms with Gasteiger partial charge >= 0.3 is 0 Å². The number of halogens is 2. The molecule has 1 fully saturated rings. The predicted octanol–water partition coefficient (Wildman–Crippen LogP) is 4.15.